The molecule has 2 aromatic carbocycles. The van der Waals surface area contributed by atoms with Crippen LogP contribution in [0.4, 0.5) is 0 Å². The van der Waals surface area contributed by atoms with Crippen molar-refractivity contribution >= 4 is 21.7 Å². The molecule has 0 aliphatic heterocycles. The molecular formula is C18H15BrN2O. The molecule has 0 unspecified atom stereocenters. The lowest BCUT2D eigenvalue weighted by Gasteiger charge is -2.09. The molecule has 110 valence electrons. The molecule has 1 aromatic heterocycles. The van der Waals surface area contributed by atoms with Crippen LogP contribution in [0.3, 0.4) is 0 Å². The second-order valence-corrected chi connectivity index (χ2v) is 5.96. The SMILES string of the molecule is Cc1c(Br)cccc1C(=O)c1nccn1Cc1ccccc1. The van der Waals surface area contributed by atoms with Crippen LogP contribution in [0.1, 0.15) is 27.3 Å². The maximum atomic E-state index is 12.8. The van der Waals surface area contributed by atoms with Gasteiger partial charge < -0.3 is 4.57 Å². The van der Waals surface area contributed by atoms with Gasteiger partial charge in [0.1, 0.15) is 0 Å². The third-order valence-electron chi connectivity index (χ3n) is 3.63. The number of hydrogen-bond acceptors (Lipinski definition) is 2. The van der Waals surface area contributed by atoms with Crippen LogP contribution in [0.15, 0.2) is 65.4 Å². The average molecular weight is 355 g/mol. The van der Waals surface area contributed by atoms with E-state index in [-0.39, 0.29) is 5.78 Å². The zero-order chi connectivity index (χ0) is 15.5. The first kappa shape index (κ1) is 14.7. The number of nitrogens with zero attached hydrogens (tertiary/aromatic N) is 2. The fourth-order valence-corrected chi connectivity index (χ4v) is 2.77. The Morgan fingerprint density at radius 3 is 2.68 bits per heavy atom. The highest BCUT2D eigenvalue weighted by Crippen LogP contribution is 2.21. The number of rotatable bonds is 4. The molecule has 0 atom stereocenters. The summed E-state index contributed by atoms with van der Waals surface area (Å²) in [5.74, 6) is 0.407. The van der Waals surface area contributed by atoms with Gasteiger partial charge in [-0.15, -0.1) is 0 Å². The Hall–Kier alpha value is -2.20. The fourth-order valence-electron chi connectivity index (χ4n) is 2.40. The molecule has 0 bridgehead atoms. The maximum absolute atomic E-state index is 12.8. The first-order valence-electron chi connectivity index (χ1n) is 7.01. The van der Waals surface area contributed by atoms with Crippen LogP contribution < -0.4 is 0 Å². The van der Waals surface area contributed by atoms with E-state index >= 15 is 0 Å². The van der Waals surface area contributed by atoms with Crippen LogP contribution >= 0.6 is 15.9 Å². The predicted molar refractivity (Wildman–Crippen MR) is 90.1 cm³/mol. The Labute approximate surface area is 137 Å². The van der Waals surface area contributed by atoms with Gasteiger partial charge in [-0.2, -0.15) is 0 Å². The summed E-state index contributed by atoms with van der Waals surface area (Å²) in [7, 11) is 0. The zero-order valence-corrected chi connectivity index (χ0v) is 13.7. The van der Waals surface area contributed by atoms with Crippen molar-refractivity contribution in [2.75, 3.05) is 0 Å². The molecule has 22 heavy (non-hydrogen) atoms. The minimum Gasteiger partial charge on any atom is -0.324 e. The second-order valence-electron chi connectivity index (χ2n) is 5.11. The molecule has 0 fully saturated rings. The van der Waals surface area contributed by atoms with E-state index in [1.54, 1.807) is 6.20 Å². The summed E-state index contributed by atoms with van der Waals surface area (Å²) in [6, 6.07) is 15.7. The third-order valence-corrected chi connectivity index (χ3v) is 4.49. The van der Waals surface area contributed by atoms with Crippen molar-refractivity contribution in [1.29, 1.82) is 0 Å². The smallest absolute Gasteiger partial charge is 0.228 e. The molecule has 0 N–H and O–H groups in total. The lowest BCUT2D eigenvalue weighted by molar-refractivity contribution is 0.102. The molecule has 3 nitrogen and oxygen atoms in total. The van der Waals surface area contributed by atoms with Gasteiger partial charge in [-0.25, -0.2) is 4.98 Å². The minimum atomic E-state index is -0.0558. The Bertz CT molecular complexity index is 809. The molecule has 3 aromatic rings. The molecule has 1 heterocycles. The second kappa shape index (κ2) is 6.28. The van der Waals surface area contributed by atoms with Crippen molar-refractivity contribution in [3.8, 4) is 0 Å². The number of imidazole rings is 1. The summed E-state index contributed by atoms with van der Waals surface area (Å²) in [4.78, 5) is 17.0. The van der Waals surface area contributed by atoms with Gasteiger partial charge in [0.05, 0.1) is 0 Å². The van der Waals surface area contributed by atoms with Gasteiger partial charge in [-0.1, -0.05) is 58.4 Å². The number of aromatic nitrogens is 2. The number of carbonyl (C=O) groups is 1. The van der Waals surface area contributed by atoms with Crippen molar-refractivity contribution in [2.24, 2.45) is 0 Å². The highest BCUT2D eigenvalue weighted by molar-refractivity contribution is 9.10. The normalized spacial score (nSPS) is 10.6. The summed E-state index contributed by atoms with van der Waals surface area (Å²) in [5, 5.41) is 0. The van der Waals surface area contributed by atoms with E-state index in [1.165, 1.54) is 0 Å². The first-order valence-corrected chi connectivity index (χ1v) is 7.81. The van der Waals surface area contributed by atoms with Crippen molar-refractivity contribution in [2.45, 2.75) is 13.5 Å². The quantitative estimate of drug-likeness (QED) is 0.657. The van der Waals surface area contributed by atoms with Gasteiger partial charge in [0, 0.05) is 29.0 Å². The highest BCUT2D eigenvalue weighted by Gasteiger charge is 2.18. The standard InChI is InChI=1S/C18H15BrN2O/c1-13-15(8-5-9-16(13)19)17(22)18-20-10-11-21(18)12-14-6-3-2-4-7-14/h2-11H,12H2,1H3. The van der Waals surface area contributed by atoms with Crippen LogP contribution in [0.2, 0.25) is 0 Å². The number of hydrogen-bond donors (Lipinski definition) is 0. The molecule has 0 saturated carbocycles. The summed E-state index contributed by atoms with van der Waals surface area (Å²) < 4.78 is 2.82. The maximum Gasteiger partial charge on any atom is 0.228 e. The van der Waals surface area contributed by atoms with Crippen LogP contribution in [-0.2, 0) is 6.54 Å². The topological polar surface area (TPSA) is 34.9 Å². The van der Waals surface area contributed by atoms with E-state index in [9.17, 15) is 4.79 Å². The molecule has 0 amide bonds. The van der Waals surface area contributed by atoms with E-state index in [0.29, 0.717) is 17.9 Å². The first-order chi connectivity index (χ1) is 10.7. The van der Waals surface area contributed by atoms with Crippen molar-refractivity contribution in [3.05, 3.63) is 87.9 Å². The highest BCUT2D eigenvalue weighted by atomic mass is 79.9. The van der Waals surface area contributed by atoms with Crippen molar-refractivity contribution in [3.63, 3.8) is 0 Å². The number of halogens is 1. The van der Waals surface area contributed by atoms with E-state index in [2.05, 4.69) is 20.9 Å². The van der Waals surface area contributed by atoms with Crippen LogP contribution in [0, 0.1) is 6.92 Å². The van der Waals surface area contributed by atoms with Crippen LogP contribution in [0.5, 0.6) is 0 Å². The zero-order valence-electron chi connectivity index (χ0n) is 12.2. The average Bonchev–Trinajstić information content (AvgIpc) is 2.98. The van der Waals surface area contributed by atoms with Gasteiger partial charge >= 0.3 is 0 Å². The number of benzene rings is 2. The van der Waals surface area contributed by atoms with E-state index in [1.807, 2.05) is 66.2 Å². The summed E-state index contributed by atoms with van der Waals surface area (Å²) >= 11 is 3.47. The van der Waals surface area contributed by atoms with E-state index in [0.717, 1.165) is 15.6 Å². The molecule has 0 aliphatic carbocycles. The molecule has 0 spiro atoms. The van der Waals surface area contributed by atoms with Gasteiger partial charge in [0.15, 0.2) is 5.82 Å². The van der Waals surface area contributed by atoms with Gasteiger partial charge in [-0.05, 0) is 24.1 Å². The van der Waals surface area contributed by atoms with Gasteiger partial charge in [0.2, 0.25) is 5.78 Å². The minimum absolute atomic E-state index is 0.0558. The molecule has 0 saturated heterocycles. The Kier molecular flexibility index (Phi) is 4.20. The lowest BCUT2D eigenvalue weighted by Crippen LogP contribution is -2.13. The molecule has 3 rings (SSSR count). The lowest BCUT2D eigenvalue weighted by atomic mass is 10.0. The van der Waals surface area contributed by atoms with Crippen LogP contribution in [-0.4, -0.2) is 15.3 Å². The monoisotopic (exact) mass is 354 g/mol. The van der Waals surface area contributed by atoms with E-state index in [4.69, 9.17) is 0 Å². The largest absolute Gasteiger partial charge is 0.324 e. The number of ketones is 1. The molecule has 0 radical (unpaired) electrons. The molecule has 4 heteroatoms. The van der Waals surface area contributed by atoms with Gasteiger partial charge in [-0.3, -0.25) is 4.79 Å². The summed E-state index contributed by atoms with van der Waals surface area (Å²) in [5.41, 5.74) is 2.75. The van der Waals surface area contributed by atoms with Gasteiger partial charge in [0.25, 0.3) is 0 Å². The Balaban J connectivity index is 1.95. The van der Waals surface area contributed by atoms with Crippen LogP contribution in [0.25, 0.3) is 0 Å². The van der Waals surface area contributed by atoms with Crippen molar-refractivity contribution in [1.82, 2.24) is 9.55 Å². The van der Waals surface area contributed by atoms with E-state index < -0.39 is 0 Å². The molecule has 0 aliphatic rings. The fraction of sp³-hybridized carbons (Fsp3) is 0.111. The van der Waals surface area contributed by atoms with Crippen molar-refractivity contribution < 1.29 is 4.79 Å². The Morgan fingerprint density at radius 1 is 1.14 bits per heavy atom. The summed E-state index contributed by atoms with van der Waals surface area (Å²) in [6.45, 7) is 2.57. The predicted octanol–water partition coefficient (Wildman–Crippen LogP) is 4.23. The molecular weight excluding hydrogens is 340 g/mol. The third kappa shape index (κ3) is 2.88. The number of carbonyl (C=O) groups excluding carboxylic acids is 1. The summed E-state index contributed by atoms with van der Waals surface area (Å²) in [6.07, 6.45) is 3.51. The Morgan fingerprint density at radius 2 is 1.91 bits per heavy atom.